The SMILES string of the molecule is CCNC(=NCC(=O)NC1CCCCC1)NCCCc1ccccc1.I. The fourth-order valence-corrected chi connectivity index (χ4v) is 3.16. The number of aryl methyl sites for hydroxylation is 1. The highest BCUT2D eigenvalue weighted by Gasteiger charge is 2.15. The van der Waals surface area contributed by atoms with Gasteiger partial charge < -0.3 is 16.0 Å². The Balaban J connectivity index is 0.00000338. The minimum absolute atomic E-state index is 0. The van der Waals surface area contributed by atoms with Gasteiger partial charge in [0.05, 0.1) is 0 Å². The Morgan fingerprint density at radius 1 is 1.12 bits per heavy atom. The number of nitrogens with one attached hydrogen (secondary N) is 3. The van der Waals surface area contributed by atoms with Gasteiger partial charge >= 0.3 is 0 Å². The predicted octanol–water partition coefficient (Wildman–Crippen LogP) is 3.24. The van der Waals surface area contributed by atoms with Crippen molar-refractivity contribution in [3.05, 3.63) is 35.9 Å². The lowest BCUT2D eigenvalue weighted by Crippen LogP contribution is -2.41. The average Bonchev–Trinajstić information content (AvgIpc) is 2.65. The van der Waals surface area contributed by atoms with Crippen LogP contribution in [0, 0.1) is 0 Å². The summed E-state index contributed by atoms with van der Waals surface area (Å²) in [7, 11) is 0. The van der Waals surface area contributed by atoms with Crippen LogP contribution in [-0.2, 0) is 11.2 Å². The molecule has 6 heteroatoms. The zero-order valence-electron chi connectivity index (χ0n) is 15.8. The standard InChI is InChI=1S/C20H32N4O.HI/c1-2-21-20(22-15-9-12-17-10-5-3-6-11-17)23-16-19(25)24-18-13-7-4-8-14-18;/h3,5-6,10-11,18H,2,4,7-9,12-16H2,1H3,(H,24,25)(H2,21,22,23);1H. The third kappa shape index (κ3) is 9.40. The molecule has 0 unspecified atom stereocenters. The second kappa shape index (κ2) is 13.8. The normalized spacial score (nSPS) is 15.0. The van der Waals surface area contributed by atoms with Crippen molar-refractivity contribution in [1.29, 1.82) is 0 Å². The molecule has 0 aromatic heterocycles. The number of benzene rings is 1. The minimum atomic E-state index is 0. The van der Waals surface area contributed by atoms with E-state index in [1.165, 1.54) is 24.8 Å². The van der Waals surface area contributed by atoms with E-state index in [4.69, 9.17) is 0 Å². The first-order valence-electron chi connectivity index (χ1n) is 9.63. The molecule has 26 heavy (non-hydrogen) atoms. The molecule has 5 nitrogen and oxygen atoms in total. The van der Waals surface area contributed by atoms with E-state index in [1.54, 1.807) is 0 Å². The van der Waals surface area contributed by atoms with Gasteiger partial charge in [0.15, 0.2) is 5.96 Å². The van der Waals surface area contributed by atoms with E-state index in [9.17, 15) is 4.79 Å². The van der Waals surface area contributed by atoms with Crippen molar-refractivity contribution >= 4 is 35.8 Å². The number of amides is 1. The fourth-order valence-electron chi connectivity index (χ4n) is 3.16. The maximum Gasteiger partial charge on any atom is 0.242 e. The highest BCUT2D eigenvalue weighted by molar-refractivity contribution is 14.0. The van der Waals surface area contributed by atoms with Gasteiger partial charge in [-0.25, -0.2) is 4.99 Å². The van der Waals surface area contributed by atoms with Crippen molar-refractivity contribution < 1.29 is 4.79 Å². The van der Waals surface area contributed by atoms with Gasteiger partial charge in [-0.2, -0.15) is 0 Å². The Morgan fingerprint density at radius 2 is 1.85 bits per heavy atom. The Hall–Kier alpha value is -1.31. The largest absolute Gasteiger partial charge is 0.357 e. The number of hydrogen-bond donors (Lipinski definition) is 3. The number of nitrogens with zero attached hydrogens (tertiary/aromatic N) is 1. The number of halogens is 1. The van der Waals surface area contributed by atoms with Crippen molar-refractivity contribution in [3.8, 4) is 0 Å². The molecule has 0 radical (unpaired) electrons. The zero-order valence-corrected chi connectivity index (χ0v) is 18.1. The molecule has 0 aliphatic heterocycles. The second-order valence-electron chi connectivity index (χ2n) is 6.61. The van der Waals surface area contributed by atoms with E-state index in [0.29, 0.717) is 12.0 Å². The Kier molecular flexibility index (Phi) is 12.1. The minimum Gasteiger partial charge on any atom is -0.357 e. The summed E-state index contributed by atoms with van der Waals surface area (Å²) in [5.41, 5.74) is 1.35. The lowest BCUT2D eigenvalue weighted by Gasteiger charge is -2.22. The van der Waals surface area contributed by atoms with Crippen LogP contribution in [0.1, 0.15) is 51.0 Å². The van der Waals surface area contributed by atoms with E-state index in [-0.39, 0.29) is 36.4 Å². The maximum absolute atomic E-state index is 12.1. The number of aliphatic imine (C=N–C) groups is 1. The van der Waals surface area contributed by atoms with Crippen LogP contribution in [0.5, 0.6) is 0 Å². The van der Waals surface area contributed by atoms with E-state index >= 15 is 0 Å². The molecule has 1 aliphatic carbocycles. The van der Waals surface area contributed by atoms with Gasteiger partial charge in [-0.1, -0.05) is 49.6 Å². The summed E-state index contributed by atoms with van der Waals surface area (Å²) in [6.45, 7) is 3.84. The molecule has 1 amide bonds. The predicted molar refractivity (Wildman–Crippen MR) is 119 cm³/mol. The molecule has 0 atom stereocenters. The molecule has 1 saturated carbocycles. The lowest BCUT2D eigenvalue weighted by molar-refractivity contribution is -0.120. The van der Waals surface area contributed by atoms with Gasteiger partial charge in [0, 0.05) is 19.1 Å². The van der Waals surface area contributed by atoms with Crippen LogP contribution >= 0.6 is 24.0 Å². The van der Waals surface area contributed by atoms with E-state index in [1.807, 2.05) is 13.0 Å². The first-order chi connectivity index (χ1) is 12.3. The van der Waals surface area contributed by atoms with Crippen molar-refractivity contribution in [1.82, 2.24) is 16.0 Å². The first-order valence-corrected chi connectivity index (χ1v) is 9.63. The van der Waals surface area contributed by atoms with Gasteiger partial charge in [-0.05, 0) is 38.2 Å². The molecular weight excluding hydrogens is 439 g/mol. The van der Waals surface area contributed by atoms with E-state index < -0.39 is 0 Å². The molecule has 1 aromatic rings. The lowest BCUT2D eigenvalue weighted by atomic mass is 9.95. The third-order valence-electron chi connectivity index (χ3n) is 4.47. The molecule has 0 saturated heterocycles. The van der Waals surface area contributed by atoms with Crippen LogP contribution in [0.25, 0.3) is 0 Å². The molecule has 146 valence electrons. The molecule has 0 heterocycles. The second-order valence-corrected chi connectivity index (χ2v) is 6.61. The molecule has 1 aliphatic rings. The summed E-state index contributed by atoms with van der Waals surface area (Å²) in [5.74, 6) is 0.739. The summed E-state index contributed by atoms with van der Waals surface area (Å²) in [4.78, 5) is 16.5. The van der Waals surface area contributed by atoms with Gasteiger partial charge in [0.25, 0.3) is 0 Å². The Morgan fingerprint density at radius 3 is 2.54 bits per heavy atom. The summed E-state index contributed by atoms with van der Waals surface area (Å²) in [5, 5.41) is 9.61. The monoisotopic (exact) mass is 472 g/mol. The first kappa shape index (κ1) is 22.7. The highest BCUT2D eigenvalue weighted by Crippen LogP contribution is 2.17. The fraction of sp³-hybridized carbons (Fsp3) is 0.600. The molecular formula is C20H33IN4O. The van der Waals surface area contributed by atoms with Crippen LogP contribution < -0.4 is 16.0 Å². The maximum atomic E-state index is 12.1. The quantitative estimate of drug-likeness (QED) is 0.236. The highest BCUT2D eigenvalue weighted by atomic mass is 127. The third-order valence-corrected chi connectivity index (χ3v) is 4.47. The summed E-state index contributed by atoms with van der Waals surface area (Å²) in [6.07, 6.45) is 8.01. The van der Waals surface area contributed by atoms with Gasteiger partial charge in [0.1, 0.15) is 6.54 Å². The van der Waals surface area contributed by atoms with Crippen molar-refractivity contribution in [3.63, 3.8) is 0 Å². The summed E-state index contributed by atoms with van der Waals surface area (Å²) < 4.78 is 0. The molecule has 2 rings (SSSR count). The van der Waals surface area contributed by atoms with Crippen molar-refractivity contribution in [2.75, 3.05) is 19.6 Å². The van der Waals surface area contributed by atoms with Gasteiger partial charge in [-0.15, -0.1) is 24.0 Å². The van der Waals surface area contributed by atoms with Crippen LogP contribution in [0.15, 0.2) is 35.3 Å². The Bertz CT molecular complexity index is 530. The number of carbonyl (C=O) groups excluding carboxylic acids is 1. The summed E-state index contributed by atoms with van der Waals surface area (Å²) >= 11 is 0. The zero-order chi connectivity index (χ0) is 17.7. The van der Waals surface area contributed by atoms with Gasteiger partial charge in [-0.3, -0.25) is 4.79 Å². The van der Waals surface area contributed by atoms with Gasteiger partial charge in [0.2, 0.25) is 5.91 Å². The van der Waals surface area contributed by atoms with E-state index in [2.05, 4.69) is 45.2 Å². The number of guanidine groups is 1. The van der Waals surface area contributed by atoms with Crippen LogP contribution in [0.3, 0.4) is 0 Å². The number of carbonyl (C=O) groups is 1. The van der Waals surface area contributed by atoms with Crippen molar-refractivity contribution in [2.45, 2.75) is 57.9 Å². The van der Waals surface area contributed by atoms with Crippen LogP contribution in [0.4, 0.5) is 0 Å². The Labute approximate surface area is 174 Å². The topological polar surface area (TPSA) is 65.5 Å². The van der Waals surface area contributed by atoms with Crippen molar-refractivity contribution in [2.24, 2.45) is 4.99 Å². The average molecular weight is 472 g/mol. The molecule has 1 fully saturated rings. The number of hydrogen-bond acceptors (Lipinski definition) is 2. The molecule has 0 bridgehead atoms. The van der Waals surface area contributed by atoms with Crippen LogP contribution in [0.2, 0.25) is 0 Å². The van der Waals surface area contributed by atoms with Crippen LogP contribution in [-0.4, -0.2) is 37.5 Å². The number of rotatable bonds is 8. The molecule has 1 aromatic carbocycles. The smallest absolute Gasteiger partial charge is 0.242 e. The molecule has 0 spiro atoms. The van der Waals surface area contributed by atoms with E-state index in [0.717, 1.165) is 38.8 Å². The molecule has 3 N–H and O–H groups in total. The summed E-state index contributed by atoms with van der Waals surface area (Å²) in [6, 6.07) is 10.8.